The summed E-state index contributed by atoms with van der Waals surface area (Å²) >= 11 is 0. The van der Waals surface area contributed by atoms with Crippen molar-refractivity contribution in [3.63, 3.8) is 0 Å². The van der Waals surface area contributed by atoms with Crippen molar-refractivity contribution in [3.05, 3.63) is 41.5 Å². The molecular formula is C21H23N7O. The van der Waals surface area contributed by atoms with E-state index >= 15 is 0 Å². The third-order valence-electron chi connectivity index (χ3n) is 5.41. The fraction of sp³-hybridized carbons (Fsp3) is 0.381. The number of fused-ring (bicyclic) bond motifs is 2. The molecule has 4 heterocycles. The smallest absolute Gasteiger partial charge is 0.256 e. The molecule has 0 aromatic carbocycles. The molecule has 8 heteroatoms. The lowest BCUT2D eigenvalue weighted by atomic mass is 10.1. The van der Waals surface area contributed by atoms with E-state index in [1.807, 2.05) is 30.8 Å². The number of carbonyl (C=O) groups is 1. The van der Waals surface area contributed by atoms with Crippen LogP contribution < -0.4 is 5.32 Å². The summed E-state index contributed by atoms with van der Waals surface area (Å²) in [6.45, 7) is 6.03. The number of rotatable bonds is 4. The predicted octanol–water partition coefficient (Wildman–Crippen LogP) is 3.73. The maximum absolute atomic E-state index is 13.2. The molecule has 29 heavy (non-hydrogen) atoms. The van der Waals surface area contributed by atoms with Crippen LogP contribution in [0.25, 0.3) is 22.1 Å². The largest absolute Gasteiger partial charge is 0.321 e. The summed E-state index contributed by atoms with van der Waals surface area (Å²) < 4.78 is 3.62. The van der Waals surface area contributed by atoms with Gasteiger partial charge in [-0.2, -0.15) is 10.2 Å². The van der Waals surface area contributed by atoms with E-state index in [2.05, 4.69) is 34.3 Å². The lowest BCUT2D eigenvalue weighted by molar-refractivity contribution is 0.102. The first-order valence-electron chi connectivity index (χ1n) is 9.91. The number of nitrogens with zero attached hydrogens (tertiary/aromatic N) is 6. The fourth-order valence-corrected chi connectivity index (χ4v) is 3.82. The molecule has 0 radical (unpaired) electrons. The van der Waals surface area contributed by atoms with Gasteiger partial charge in [0.25, 0.3) is 5.91 Å². The zero-order chi connectivity index (χ0) is 20.3. The molecule has 0 spiro atoms. The topological polar surface area (TPSA) is 90.5 Å². The molecule has 1 aliphatic carbocycles. The monoisotopic (exact) mass is 389 g/mol. The molecule has 4 aromatic heterocycles. The summed E-state index contributed by atoms with van der Waals surface area (Å²) in [5, 5.41) is 13.6. The first kappa shape index (κ1) is 17.8. The lowest BCUT2D eigenvalue weighted by Gasteiger charge is -2.10. The Bertz CT molecular complexity index is 1260. The van der Waals surface area contributed by atoms with E-state index in [0.29, 0.717) is 17.2 Å². The highest BCUT2D eigenvalue weighted by molar-refractivity contribution is 6.13. The molecule has 0 saturated heterocycles. The van der Waals surface area contributed by atoms with Crippen molar-refractivity contribution in [2.24, 2.45) is 7.05 Å². The third-order valence-corrected chi connectivity index (χ3v) is 5.41. The van der Waals surface area contributed by atoms with Crippen LogP contribution in [-0.2, 0) is 7.05 Å². The second-order valence-electron chi connectivity index (χ2n) is 8.05. The Morgan fingerprint density at radius 3 is 2.72 bits per heavy atom. The van der Waals surface area contributed by atoms with Gasteiger partial charge in [-0.05, 0) is 45.7 Å². The Kier molecular flexibility index (Phi) is 3.90. The van der Waals surface area contributed by atoms with Crippen molar-refractivity contribution >= 4 is 33.7 Å². The molecule has 0 atom stereocenters. The Morgan fingerprint density at radius 2 is 2.00 bits per heavy atom. The van der Waals surface area contributed by atoms with E-state index < -0.39 is 0 Å². The van der Waals surface area contributed by atoms with Crippen LogP contribution in [0.2, 0.25) is 0 Å². The summed E-state index contributed by atoms with van der Waals surface area (Å²) in [7, 11) is 1.87. The number of nitrogens with one attached hydrogen (secondary N) is 1. The molecule has 148 valence electrons. The summed E-state index contributed by atoms with van der Waals surface area (Å²) in [5.74, 6) is 0.272. The molecule has 1 saturated carbocycles. The molecule has 0 bridgehead atoms. The van der Waals surface area contributed by atoms with Crippen LogP contribution in [-0.4, -0.2) is 35.4 Å². The van der Waals surface area contributed by atoms with Crippen molar-refractivity contribution in [1.29, 1.82) is 0 Å². The summed E-state index contributed by atoms with van der Waals surface area (Å²) in [4.78, 5) is 22.5. The van der Waals surface area contributed by atoms with E-state index in [-0.39, 0.29) is 11.9 Å². The van der Waals surface area contributed by atoms with Gasteiger partial charge in [0.1, 0.15) is 0 Å². The van der Waals surface area contributed by atoms with Gasteiger partial charge in [0.2, 0.25) is 0 Å². The van der Waals surface area contributed by atoms with Gasteiger partial charge in [-0.15, -0.1) is 0 Å². The van der Waals surface area contributed by atoms with Crippen molar-refractivity contribution in [1.82, 2.24) is 29.5 Å². The van der Waals surface area contributed by atoms with Gasteiger partial charge >= 0.3 is 0 Å². The lowest BCUT2D eigenvalue weighted by Crippen LogP contribution is -2.14. The van der Waals surface area contributed by atoms with E-state index in [9.17, 15) is 4.79 Å². The normalized spacial score (nSPS) is 14.2. The minimum atomic E-state index is -0.173. The summed E-state index contributed by atoms with van der Waals surface area (Å²) in [6.07, 6.45) is 5.70. The van der Waals surface area contributed by atoms with Crippen LogP contribution in [0, 0.1) is 6.92 Å². The predicted molar refractivity (Wildman–Crippen MR) is 111 cm³/mol. The highest BCUT2D eigenvalue weighted by atomic mass is 16.1. The molecule has 5 rings (SSSR count). The van der Waals surface area contributed by atoms with Gasteiger partial charge in [0.05, 0.1) is 34.7 Å². The van der Waals surface area contributed by atoms with E-state index in [1.54, 1.807) is 17.1 Å². The minimum Gasteiger partial charge on any atom is -0.321 e. The molecule has 4 aromatic rings. The molecule has 1 N–H and O–H groups in total. The van der Waals surface area contributed by atoms with Gasteiger partial charge in [0.15, 0.2) is 11.3 Å². The highest BCUT2D eigenvalue weighted by Crippen LogP contribution is 2.40. The van der Waals surface area contributed by atoms with E-state index in [0.717, 1.165) is 46.3 Å². The number of amides is 1. The van der Waals surface area contributed by atoms with Crippen LogP contribution in [0.5, 0.6) is 0 Å². The van der Waals surface area contributed by atoms with Crippen molar-refractivity contribution < 1.29 is 4.79 Å². The quantitative estimate of drug-likeness (QED) is 0.574. The van der Waals surface area contributed by atoms with Crippen LogP contribution in [0.1, 0.15) is 60.4 Å². The molecule has 0 aliphatic heterocycles. The molecule has 8 nitrogen and oxygen atoms in total. The number of hydrogen-bond acceptors (Lipinski definition) is 5. The van der Waals surface area contributed by atoms with Gasteiger partial charge in [-0.3, -0.25) is 9.48 Å². The van der Waals surface area contributed by atoms with Crippen LogP contribution in [0.15, 0.2) is 24.5 Å². The highest BCUT2D eigenvalue weighted by Gasteiger charge is 2.28. The Hall–Kier alpha value is -3.29. The molecule has 1 amide bonds. The Balaban J connectivity index is 1.54. The van der Waals surface area contributed by atoms with Crippen molar-refractivity contribution in [3.8, 4) is 0 Å². The Morgan fingerprint density at radius 1 is 1.21 bits per heavy atom. The fourth-order valence-electron chi connectivity index (χ4n) is 3.82. The minimum absolute atomic E-state index is 0.173. The average molecular weight is 389 g/mol. The molecular weight excluding hydrogens is 366 g/mol. The number of aryl methyl sites for hydroxylation is 2. The zero-order valence-corrected chi connectivity index (χ0v) is 17.0. The van der Waals surface area contributed by atoms with Gasteiger partial charge in [-0.1, -0.05) is 0 Å². The Labute approximate surface area is 167 Å². The number of aromatic nitrogens is 6. The average Bonchev–Trinajstić information content (AvgIpc) is 3.39. The summed E-state index contributed by atoms with van der Waals surface area (Å²) in [6, 6.07) is 4.05. The molecule has 0 unspecified atom stereocenters. The SMILES string of the molecule is Cc1nn(C)c2nc(C3CC3)cc(C(=O)Nc3cnc4c(cnn4C(C)C)c3)c12. The second-order valence-corrected chi connectivity index (χ2v) is 8.05. The first-order chi connectivity index (χ1) is 13.9. The number of carbonyl (C=O) groups excluding carboxylic acids is 1. The number of hydrogen-bond donors (Lipinski definition) is 1. The van der Waals surface area contributed by atoms with E-state index in [1.165, 1.54) is 0 Å². The maximum Gasteiger partial charge on any atom is 0.256 e. The molecule has 1 fully saturated rings. The number of pyridine rings is 2. The van der Waals surface area contributed by atoms with E-state index in [4.69, 9.17) is 4.98 Å². The van der Waals surface area contributed by atoms with Crippen LogP contribution in [0.4, 0.5) is 5.69 Å². The number of anilines is 1. The second kappa shape index (κ2) is 6.37. The van der Waals surface area contributed by atoms with Crippen LogP contribution in [0.3, 0.4) is 0 Å². The third kappa shape index (κ3) is 2.95. The molecule has 1 aliphatic rings. The van der Waals surface area contributed by atoms with Gasteiger partial charge in [0, 0.05) is 30.1 Å². The van der Waals surface area contributed by atoms with Gasteiger partial charge in [-0.25, -0.2) is 14.6 Å². The zero-order valence-electron chi connectivity index (χ0n) is 17.0. The van der Waals surface area contributed by atoms with Crippen LogP contribution >= 0.6 is 0 Å². The standard InChI is InChI=1S/C21H23N7O/c1-11(2)28-19-14(9-23-28)7-15(10-22-19)24-21(29)16-8-17(13-5-6-13)25-20-18(16)12(3)26-27(20)4/h7-11,13H,5-6H2,1-4H3,(H,24,29). The van der Waals surface area contributed by atoms with Crippen molar-refractivity contribution in [2.45, 2.75) is 45.6 Å². The first-order valence-corrected chi connectivity index (χ1v) is 9.91. The van der Waals surface area contributed by atoms with Gasteiger partial charge < -0.3 is 5.32 Å². The maximum atomic E-state index is 13.2. The summed E-state index contributed by atoms with van der Waals surface area (Å²) in [5.41, 5.74) is 4.59. The van der Waals surface area contributed by atoms with Crippen molar-refractivity contribution in [2.75, 3.05) is 5.32 Å².